The van der Waals surface area contributed by atoms with Crippen LogP contribution in [-0.2, 0) is 0 Å². The van der Waals surface area contributed by atoms with Gasteiger partial charge >= 0.3 is 0 Å². The molecule has 0 saturated heterocycles. The van der Waals surface area contributed by atoms with Crippen LogP contribution >= 0.6 is 31.9 Å². The third-order valence-corrected chi connectivity index (χ3v) is 4.51. The first-order valence-electron chi connectivity index (χ1n) is 6.68. The number of aliphatic hydroxyl groups excluding tert-OH is 1. The molecular weight excluding hydrogens is 400 g/mol. The quantitative estimate of drug-likeness (QED) is 0.790. The van der Waals surface area contributed by atoms with Crippen molar-refractivity contribution in [1.29, 1.82) is 0 Å². The van der Waals surface area contributed by atoms with Crippen LogP contribution in [0.1, 0.15) is 23.7 Å². The minimum Gasteiger partial charge on any atom is -0.490 e. The van der Waals surface area contributed by atoms with Crippen LogP contribution in [0.2, 0.25) is 0 Å². The number of benzene rings is 2. The van der Waals surface area contributed by atoms with Crippen LogP contribution in [0.4, 0.5) is 0 Å². The van der Waals surface area contributed by atoms with Crippen LogP contribution in [0, 0.1) is 0 Å². The van der Waals surface area contributed by atoms with Gasteiger partial charge in [0.05, 0.1) is 13.2 Å². The van der Waals surface area contributed by atoms with E-state index in [1.54, 1.807) is 0 Å². The van der Waals surface area contributed by atoms with Crippen molar-refractivity contribution in [2.45, 2.75) is 12.5 Å². The van der Waals surface area contributed by atoms with E-state index in [1.807, 2.05) is 36.4 Å². The van der Waals surface area contributed by atoms with Gasteiger partial charge in [0.1, 0.15) is 6.10 Å². The lowest BCUT2D eigenvalue weighted by Gasteiger charge is -2.16. The molecule has 2 aromatic carbocycles. The van der Waals surface area contributed by atoms with Crippen LogP contribution in [0.15, 0.2) is 45.3 Å². The largest absolute Gasteiger partial charge is 0.490 e. The zero-order valence-electron chi connectivity index (χ0n) is 11.2. The molecule has 1 unspecified atom stereocenters. The van der Waals surface area contributed by atoms with Gasteiger partial charge in [0.25, 0.3) is 0 Å². The van der Waals surface area contributed by atoms with Crippen LogP contribution in [0.25, 0.3) is 0 Å². The second-order valence-corrected chi connectivity index (χ2v) is 6.60. The van der Waals surface area contributed by atoms with Crippen LogP contribution in [0.5, 0.6) is 11.5 Å². The molecule has 110 valence electrons. The Morgan fingerprint density at radius 2 is 1.71 bits per heavy atom. The summed E-state index contributed by atoms with van der Waals surface area (Å²) >= 11 is 6.93. The van der Waals surface area contributed by atoms with Gasteiger partial charge < -0.3 is 14.6 Å². The lowest BCUT2D eigenvalue weighted by atomic mass is 10.0. The second kappa shape index (κ2) is 6.38. The summed E-state index contributed by atoms with van der Waals surface area (Å²) in [5.74, 6) is 1.39. The summed E-state index contributed by atoms with van der Waals surface area (Å²) in [5, 5.41) is 10.6. The van der Waals surface area contributed by atoms with Crippen molar-refractivity contribution in [2.75, 3.05) is 13.2 Å². The molecule has 1 aliphatic heterocycles. The van der Waals surface area contributed by atoms with Crippen molar-refractivity contribution in [3.63, 3.8) is 0 Å². The van der Waals surface area contributed by atoms with Crippen molar-refractivity contribution in [3.05, 3.63) is 56.5 Å². The molecule has 0 aromatic heterocycles. The zero-order chi connectivity index (χ0) is 14.8. The predicted molar refractivity (Wildman–Crippen MR) is 88.0 cm³/mol. The van der Waals surface area contributed by atoms with E-state index < -0.39 is 6.10 Å². The highest BCUT2D eigenvalue weighted by atomic mass is 79.9. The molecule has 1 atom stereocenters. The molecule has 3 rings (SSSR count). The third-order valence-electron chi connectivity index (χ3n) is 3.33. The molecule has 0 fully saturated rings. The minimum atomic E-state index is -0.728. The van der Waals surface area contributed by atoms with Gasteiger partial charge in [-0.25, -0.2) is 0 Å². The number of hydrogen-bond acceptors (Lipinski definition) is 3. The Labute approximate surface area is 140 Å². The van der Waals surface area contributed by atoms with Gasteiger partial charge in [0, 0.05) is 20.9 Å². The van der Waals surface area contributed by atoms with Crippen LogP contribution < -0.4 is 9.47 Å². The first kappa shape index (κ1) is 14.9. The van der Waals surface area contributed by atoms with E-state index in [1.165, 1.54) is 0 Å². The zero-order valence-corrected chi connectivity index (χ0v) is 14.4. The highest BCUT2D eigenvalue weighted by Crippen LogP contribution is 2.39. The summed E-state index contributed by atoms with van der Waals surface area (Å²) in [4.78, 5) is 0. The predicted octanol–water partition coefficient (Wildman–Crippen LogP) is 4.45. The van der Waals surface area contributed by atoms with Crippen molar-refractivity contribution in [1.82, 2.24) is 0 Å². The molecule has 0 saturated carbocycles. The van der Waals surface area contributed by atoms with E-state index in [0.717, 1.165) is 26.5 Å². The summed E-state index contributed by atoms with van der Waals surface area (Å²) < 4.78 is 13.1. The fourth-order valence-electron chi connectivity index (χ4n) is 2.27. The number of hydrogen-bond donors (Lipinski definition) is 1. The first-order valence-corrected chi connectivity index (χ1v) is 8.26. The Morgan fingerprint density at radius 1 is 1.00 bits per heavy atom. The van der Waals surface area contributed by atoms with E-state index in [4.69, 9.17) is 9.47 Å². The molecule has 1 heterocycles. The molecule has 1 N–H and O–H groups in total. The molecule has 3 nitrogen and oxygen atoms in total. The Morgan fingerprint density at radius 3 is 2.43 bits per heavy atom. The second-order valence-electron chi connectivity index (χ2n) is 4.83. The molecule has 0 aliphatic carbocycles. The van der Waals surface area contributed by atoms with Gasteiger partial charge in [-0.05, 0) is 29.8 Å². The van der Waals surface area contributed by atoms with Gasteiger partial charge in [-0.3, -0.25) is 0 Å². The lowest BCUT2D eigenvalue weighted by molar-refractivity contribution is 0.218. The minimum absolute atomic E-state index is 0.626. The number of aliphatic hydroxyl groups is 1. The highest BCUT2D eigenvalue weighted by Gasteiger charge is 2.19. The molecule has 0 amide bonds. The Kier molecular flexibility index (Phi) is 4.52. The van der Waals surface area contributed by atoms with Gasteiger partial charge in [-0.2, -0.15) is 0 Å². The third kappa shape index (κ3) is 3.25. The van der Waals surface area contributed by atoms with Crippen LogP contribution in [0.3, 0.4) is 0 Å². The summed E-state index contributed by atoms with van der Waals surface area (Å²) in [7, 11) is 0. The maximum absolute atomic E-state index is 10.6. The average Bonchev–Trinajstić information content (AvgIpc) is 2.70. The maximum atomic E-state index is 10.6. The summed E-state index contributed by atoms with van der Waals surface area (Å²) in [6.45, 7) is 1.27. The van der Waals surface area contributed by atoms with Crippen molar-refractivity contribution in [3.8, 4) is 11.5 Å². The van der Waals surface area contributed by atoms with E-state index in [0.29, 0.717) is 24.7 Å². The molecule has 0 bridgehead atoms. The molecule has 21 heavy (non-hydrogen) atoms. The number of ether oxygens (including phenoxy) is 2. The molecule has 0 radical (unpaired) electrons. The normalized spacial score (nSPS) is 15.4. The Bertz CT molecular complexity index is 658. The van der Waals surface area contributed by atoms with Crippen molar-refractivity contribution in [2.24, 2.45) is 0 Å². The van der Waals surface area contributed by atoms with Crippen LogP contribution in [-0.4, -0.2) is 18.3 Å². The van der Waals surface area contributed by atoms with Gasteiger partial charge in [-0.1, -0.05) is 44.0 Å². The molecule has 2 aromatic rings. The summed E-state index contributed by atoms with van der Waals surface area (Å²) in [6, 6.07) is 11.3. The lowest BCUT2D eigenvalue weighted by Crippen LogP contribution is -2.02. The molecule has 5 heteroatoms. The van der Waals surface area contributed by atoms with E-state index in [-0.39, 0.29) is 0 Å². The Balaban J connectivity index is 2.00. The summed E-state index contributed by atoms with van der Waals surface area (Å²) in [6.07, 6.45) is 0.129. The fourth-order valence-corrected chi connectivity index (χ4v) is 3.22. The van der Waals surface area contributed by atoms with E-state index >= 15 is 0 Å². The van der Waals surface area contributed by atoms with Crippen molar-refractivity contribution >= 4 is 31.9 Å². The van der Waals surface area contributed by atoms with Crippen molar-refractivity contribution < 1.29 is 14.6 Å². The number of fused-ring (bicyclic) bond motifs is 1. The smallest absolute Gasteiger partial charge is 0.162 e. The monoisotopic (exact) mass is 412 g/mol. The molecule has 1 aliphatic rings. The SMILES string of the molecule is OC(c1cccc(Br)c1)c1cc2c(cc1Br)OCCCO2. The number of rotatable bonds is 2. The van der Waals surface area contributed by atoms with E-state index in [2.05, 4.69) is 31.9 Å². The maximum Gasteiger partial charge on any atom is 0.162 e. The topological polar surface area (TPSA) is 38.7 Å². The standard InChI is InChI=1S/C16H14Br2O3/c17-11-4-1-3-10(7-11)16(19)12-8-14-15(9-13(12)18)21-6-2-5-20-14/h1,3-4,7-9,16,19H,2,5-6H2. The Hall–Kier alpha value is -1.04. The van der Waals surface area contributed by atoms with Gasteiger partial charge in [0.2, 0.25) is 0 Å². The fraction of sp³-hybridized carbons (Fsp3) is 0.250. The van der Waals surface area contributed by atoms with Gasteiger partial charge in [-0.15, -0.1) is 0 Å². The average molecular weight is 414 g/mol. The van der Waals surface area contributed by atoms with E-state index in [9.17, 15) is 5.11 Å². The first-order chi connectivity index (χ1) is 10.1. The molecule has 0 spiro atoms. The summed E-state index contributed by atoms with van der Waals surface area (Å²) in [5.41, 5.74) is 1.58. The highest BCUT2D eigenvalue weighted by molar-refractivity contribution is 9.10. The van der Waals surface area contributed by atoms with Gasteiger partial charge in [0.15, 0.2) is 11.5 Å². The molecular formula is C16H14Br2O3. The number of halogens is 2.